The van der Waals surface area contributed by atoms with E-state index in [1.165, 1.54) is 43.4 Å². The van der Waals surface area contributed by atoms with Gasteiger partial charge >= 0.3 is 0 Å². The Kier molecular flexibility index (Phi) is 5.50. The van der Waals surface area contributed by atoms with Crippen molar-refractivity contribution < 1.29 is 4.42 Å². The van der Waals surface area contributed by atoms with Gasteiger partial charge in [0.2, 0.25) is 5.71 Å². The molecular weight excluding hydrogens is 536 g/mol. The van der Waals surface area contributed by atoms with Crippen LogP contribution in [0.2, 0.25) is 0 Å². The normalized spacial score (nSPS) is 11.6. The fourth-order valence-corrected chi connectivity index (χ4v) is 6.57. The molecule has 0 aliphatic heterocycles. The number of hydrogen-bond acceptors (Lipinski definition) is 3. The van der Waals surface area contributed by atoms with Gasteiger partial charge in [-0.2, -0.15) is 0 Å². The number of anilines is 3. The van der Waals surface area contributed by atoms with Gasteiger partial charge in [-0.15, -0.1) is 0 Å². The predicted octanol–water partition coefficient (Wildman–Crippen LogP) is 11.6. The Labute approximate surface area is 254 Å². The molecule has 0 spiro atoms. The molecule has 9 rings (SSSR count). The molecule has 3 nitrogen and oxygen atoms in total. The minimum absolute atomic E-state index is 0.659. The van der Waals surface area contributed by atoms with E-state index < -0.39 is 0 Å². The number of aromatic nitrogens is 1. The van der Waals surface area contributed by atoms with Crippen molar-refractivity contribution in [2.45, 2.75) is 0 Å². The third-order valence-electron chi connectivity index (χ3n) is 8.69. The van der Waals surface area contributed by atoms with Crippen LogP contribution in [0, 0.1) is 0 Å². The van der Waals surface area contributed by atoms with Gasteiger partial charge in [-0.25, -0.2) is 4.98 Å². The average Bonchev–Trinajstić information content (AvgIpc) is 3.46. The Balaban J connectivity index is 1.16. The Morgan fingerprint density at radius 1 is 0.432 bits per heavy atom. The quantitative estimate of drug-likeness (QED) is 0.200. The summed E-state index contributed by atoms with van der Waals surface area (Å²) in [5.74, 6) is 0. The zero-order valence-electron chi connectivity index (χ0n) is 23.8. The van der Waals surface area contributed by atoms with Crippen LogP contribution in [0.3, 0.4) is 0 Å². The van der Waals surface area contributed by atoms with Crippen LogP contribution in [-0.2, 0) is 0 Å². The number of rotatable bonds is 4. The lowest BCUT2D eigenvalue weighted by Crippen LogP contribution is -2.09. The monoisotopic (exact) mass is 562 g/mol. The van der Waals surface area contributed by atoms with Crippen molar-refractivity contribution >= 4 is 71.4 Å². The highest BCUT2D eigenvalue weighted by Gasteiger charge is 2.16. The first-order chi connectivity index (χ1) is 21.8. The molecule has 3 heteroatoms. The van der Waals surface area contributed by atoms with Crippen LogP contribution >= 0.6 is 0 Å². The second kappa shape index (κ2) is 9.82. The van der Waals surface area contributed by atoms with Crippen LogP contribution in [0.1, 0.15) is 0 Å². The number of furan rings is 1. The third kappa shape index (κ3) is 3.94. The molecule has 0 bridgehead atoms. The summed E-state index contributed by atoms with van der Waals surface area (Å²) in [5.41, 5.74) is 7.05. The summed E-state index contributed by atoms with van der Waals surface area (Å²) in [4.78, 5) is 6.69. The molecule has 9 aromatic rings. The Morgan fingerprint density at radius 3 is 1.95 bits per heavy atom. The Bertz CT molecular complexity index is 2490. The van der Waals surface area contributed by atoms with Crippen LogP contribution in [-0.4, -0.2) is 4.98 Å². The second-order valence-electron chi connectivity index (χ2n) is 11.2. The summed E-state index contributed by atoms with van der Waals surface area (Å²) in [7, 11) is 0. The molecule has 0 unspecified atom stereocenters. The third-order valence-corrected chi connectivity index (χ3v) is 8.69. The van der Waals surface area contributed by atoms with Crippen LogP contribution in [0.15, 0.2) is 162 Å². The molecule has 0 amide bonds. The average molecular weight is 563 g/mol. The van der Waals surface area contributed by atoms with Crippen LogP contribution < -0.4 is 4.90 Å². The molecule has 0 N–H and O–H groups in total. The van der Waals surface area contributed by atoms with Gasteiger partial charge < -0.3 is 9.32 Å². The fourth-order valence-electron chi connectivity index (χ4n) is 6.57. The zero-order valence-corrected chi connectivity index (χ0v) is 23.8. The van der Waals surface area contributed by atoms with Gasteiger partial charge in [0, 0.05) is 40.1 Å². The standard InChI is InChI=1S/C41H26N2O/c1-2-8-32(9-3-1)43(34-22-23-36-37-11-6-24-42-41(37)44-39(36)26-34)33-20-18-27(19-21-33)31-17-14-29-13-16-30-15-12-28-7-4-5-10-35(28)40(30)38(29)25-31/h1-26H. The van der Waals surface area contributed by atoms with Crippen molar-refractivity contribution in [1.29, 1.82) is 0 Å². The summed E-state index contributed by atoms with van der Waals surface area (Å²) < 4.78 is 6.15. The second-order valence-corrected chi connectivity index (χ2v) is 11.2. The minimum atomic E-state index is 0.659. The number of pyridine rings is 1. The first kappa shape index (κ1) is 24.6. The summed E-state index contributed by atoms with van der Waals surface area (Å²) in [5, 5.41) is 9.75. The van der Waals surface area contributed by atoms with E-state index in [0.717, 1.165) is 33.4 Å². The number of para-hydroxylation sites is 1. The zero-order chi connectivity index (χ0) is 29.0. The van der Waals surface area contributed by atoms with Crippen molar-refractivity contribution in [2.24, 2.45) is 0 Å². The lowest BCUT2D eigenvalue weighted by atomic mass is 9.94. The highest BCUT2D eigenvalue weighted by Crippen LogP contribution is 2.39. The van der Waals surface area contributed by atoms with E-state index in [1.807, 2.05) is 12.1 Å². The molecule has 7 aromatic carbocycles. The first-order valence-electron chi connectivity index (χ1n) is 14.9. The molecule has 2 aromatic heterocycles. The van der Waals surface area contributed by atoms with Gasteiger partial charge in [0.05, 0.1) is 0 Å². The molecular formula is C41H26N2O. The fraction of sp³-hybridized carbons (Fsp3) is 0. The van der Waals surface area contributed by atoms with E-state index in [9.17, 15) is 0 Å². The van der Waals surface area contributed by atoms with E-state index in [4.69, 9.17) is 4.42 Å². The van der Waals surface area contributed by atoms with Gasteiger partial charge in [0.25, 0.3) is 0 Å². The minimum Gasteiger partial charge on any atom is -0.438 e. The molecule has 0 atom stereocenters. The maximum absolute atomic E-state index is 6.15. The summed E-state index contributed by atoms with van der Waals surface area (Å²) in [6.45, 7) is 0. The van der Waals surface area contributed by atoms with Crippen molar-refractivity contribution in [3.63, 3.8) is 0 Å². The van der Waals surface area contributed by atoms with E-state index >= 15 is 0 Å². The summed E-state index contributed by atoms with van der Waals surface area (Å²) >= 11 is 0. The van der Waals surface area contributed by atoms with E-state index in [-0.39, 0.29) is 0 Å². The van der Waals surface area contributed by atoms with Gasteiger partial charge in [-0.3, -0.25) is 0 Å². The van der Waals surface area contributed by atoms with Crippen molar-refractivity contribution in [2.75, 3.05) is 4.90 Å². The van der Waals surface area contributed by atoms with Gasteiger partial charge in [0.15, 0.2) is 0 Å². The molecule has 2 heterocycles. The smallest absolute Gasteiger partial charge is 0.227 e. The molecule has 0 aliphatic rings. The first-order valence-corrected chi connectivity index (χ1v) is 14.9. The van der Waals surface area contributed by atoms with Crippen LogP contribution in [0.5, 0.6) is 0 Å². The highest BCUT2D eigenvalue weighted by molar-refractivity contribution is 6.20. The summed E-state index contributed by atoms with van der Waals surface area (Å²) in [6, 6.07) is 54.1. The summed E-state index contributed by atoms with van der Waals surface area (Å²) in [6.07, 6.45) is 1.77. The van der Waals surface area contributed by atoms with Gasteiger partial charge in [-0.05, 0) is 98.0 Å². The SMILES string of the molecule is c1ccc(N(c2ccc(-c3ccc4ccc5ccc6ccccc6c5c4c3)cc2)c2ccc3c(c2)oc2ncccc23)cc1. The molecule has 44 heavy (non-hydrogen) atoms. The molecule has 0 fully saturated rings. The molecule has 0 radical (unpaired) electrons. The molecule has 206 valence electrons. The molecule has 0 saturated carbocycles. The van der Waals surface area contributed by atoms with Crippen molar-refractivity contribution in [3.8, 4) is 11.1 Å². The molecule has 0 saturated heterocycles. The van der Waals surface area contributed by atoms with Crippen molar-refractivity contribution in [3.05, 3.63) is 158 Å². The largest absolute Gasteiger partial charge is 0.438 e. The van der Waals surface area contributed by atoms with Gasteiger partial charge in [-0.1, -0.05) is 91.0 Å². The number of hydrogen-bond donors (Lipinski definition) is 0. The predicted molar refractivity (Wildman–Crippen MR) is 184 cm³/mol. The highest BCUT2D eigenvalue weighted by atomic mass is 16.3. The van der Waals surface area contributed by atoms with Crippen LogP contribution in [0.25, 0.3) is 65.5 Å². The maximum atomic E-state index is 6.15. The molecule has 0 aliphatic carbocycles. The van der Waals surface area contributed by atoms with E-state index in [0.29, 0.717) is 5.71 Å². The number of nitrogens with zero attached hydrogens (tertiary/aromatic N) is 2. The Morgan fingerprint density at radius 2 is 1.09 bits per heavy atom. The van der Waals surface area contributed by atoms with Gasteiger partial charge in [0.1, 0.15) is 5.58 Å². The maximum Gasteiger partial charge on any atom is 0.227 e. The van der Waals surface area contributed by atoms with Crippen LogP contribution in [0.4, 0.5) is 17.1 Å². The number of fused-ring (bicyclic) bond motifs is 8. The van der Waals surface area contributed by atoms with E-state index in [1.54, 1.807) is 6.20 Å². The van der Waals surface area contributed by atoms with E-state index in [2.05, 4.69) is 149 Å². The number of benzene rings is 7. The lowest BCUT2D eigenvalue weighted by Gasteiger charge is -2.25. The topological polar surface area (TPSA) is 29.3 Å². The van der Waals surface area contributed by atoms with Crippen molar-refractivity contribution in [1.82, 2.24) is 4.98 Å². The lowest BCUT2D eigenvalue weighted by molar-refractivity contribution is 0.654. The Hall–Kier alpha value is -5.93.